The predicted molar refractivity (Wildman–Crippen MR) is 82.1 cm³/mol. The Morgan fingerprint density at radius 1 is 1.20 bits per heavy atom. The molecule has 2 aliphatic rings. The SMILES string of the molecule is CC(=O)N1CCN(C(=O)[C@@H]2SCCc3sccc32)CC1. The quantitative estimate of drug-likeness (QED) is 0.794. The first-order valence-electron chi connectivity index (χ1n) is 6.89. The standard InChI is InChI=1S/C14H18N2O2S2/c1-10(17)15-4-6-16(7-5-15)14(18)13-11-2-8-19-12(11)3-9-20-13/h2,8,13H,3-7,9H2,1H3/t13-/m1/s1. The average Bonchev–Trinajstić information content (AvgIpc) is 2.95. The number of carbonyl (C=O) groups excluding carboxylic acids is 2. The zero-order valence-corrected chi connectivity index (χ0v) is 13.1. The third-order valence-corrected chi connectivity index (χ3v) is 6.16. The summed E-state index contributed by atoms with van der Waals surface area (Å²) in [6.45, 7) is 4.24. The van der Waals surface area contributed by atoms with Gasteiger partial charge in [-0.2, -0.15) is 0 Å². The Balaban J connectivity index is 1.68. The molecule has 2 amide bonds. The molecule has 4 nitrogen and oxygen atoms in total. The molecule has 0 aromatic carbocycles. The van der Waals surface area contributed by atoms with Crippen LogP contribution < -0.4 is 0 Å². The summed E-state index contributed by atoms with van der Waals surface area (Å²) in [6, 6.07) is 2.10. The summed E-state index contributed by atoms with van der Waals surface area (Å²) in [5.41, 5.74) is 1.21. The molecule has 1 fully saturated rings. The summed E-state index contributed by atoms with van der Waals surface area (Å²) >= 11 is 3.51. The Labute approximate surface area is 127 Å². The minimum absolute atomic E-state index is 0.0334. The van der Waals surface area contributed by atoms with Crippen LogP contribution in [0, 0.1) is 0 Å². The molecule has 1 atom stereocenters. The summed E-state index contributed by atoms with van der Waals surface area (Å²) in [4.78, 5) is 29.1. The van der Waals surface area contributed by atoms with Crippen LogP contribution in [0.2, 0.25) is 0 Å². The second kappa shape index (κ2) is 5.77. The molecule has 0 unspecified atom stereocenters. The number of nitrogens with zero attached hydrogens (tertiary/aromatic N) is 2. The summed E-state index contributed by atoms with van der Waals surface area (Å²) < 4.78 is 0. The van der Waals surface area contributed by atoms with E-state index in [0.29, 0.717) is 26.2 Å². The molecule has 3 heterocycles. The smallest absolute Gasteiger partial charge is 0.240 e. The van der Waals surface area contributed by atoms with Crippen LogP contribution in [0.25, 0.3) is 0 Å². The fraction of sp³-hybridized carbons (Fsp3) is 0.571. The van der Waals surface area contributed by atoms with E-state index in [2.05, 4.69) is 11.4 Å². The summed E-state index contributed by atoms with van der Waals surface area (Å²) in [7, 11) is 0. The van der Waals surface area contributed by atoms with Crippen molar-refractivity contribution in [1.82, 2.24) is 9.80 Å². The Morgan fingerprint density at radius 3 is 2.60 bits per heavy atom. The van der Waals surface area contributed by atoms with Crippen LogP contribution in [0.1, 0.15) is 22.6 Å². The van der Waals surface area contributed by atoms with Crippen molar-refractivity contribution in [3.63, 3.8) is 0 Å². The topological polar surface area (TPSA) is 40.6 Å². The first kappa shape index (κ1) is 13.9. The lowest BCUT2D eigenvalue weighted by atomic mass is 10.1. The Hall–Kier alpha value is -1.01. The molecule has 0 saturated carbocycles. The Kier molecular flexibility index (Phi) is 4.03. The second-order valence-electron chi connectivity index (χ2n) is 5.13. The normalized spacial score (nSPS) is 22.6. The van der Waals surface area contributed by atoms with E-state index in [4.69, 9.17) is 0 Å². The van der Waals surface area contributed by atoms with Gasteiger partial charge in [-0.1, -0.05) is 0 Å². The number of carbonyl (C=O) groups is 2. The lowest BCUT2D eigenvalue weighted by Gasteiger charge is -2.36. The van der Waals surface area contributed by atoms with Crippen molar-refractivity contribution in [1.29, 1.82) is 0 Å². The maximum atomic E-state index is 12.7. The largest absolute Gasteiger partial charge is 0.339 e. The summed E-state index contributed by atoms with van der Waals surface area (Å²) in [6.07, 6.45) is 1.08. The average molecular weight is 310 g/mol. The van der Waals surface area contributed by atoms with Gasteiger partial charge in [-0.3, -0.25) is 9.59 Å². The molecule has 0 radical (unpaired) electrons. The van der Waals surface area contributed by atoms with Gasteiger partial charge < -0.3 is 9.80 Å². The molecule has 0 N–H and O–H groups in total. The van der Waals surface area contributed by atoms with Gasteiger partial charge in [0.05, 0.1) is 0 Å². The van der Waals surface area contributed by atoms with E-state index in [9.17, 15) is 9.59 Å². The van der Waals surface area contributed by atoms with Gasteiger partial charge in [-0.25, -0.2) is 0 Å². The van der Waals surface area contributed by atoms with Crippen LogP contribution in [0.5, 0.6) is 0 Å². The number of amides is 2. The van der Waals surface area contributed by atoms with E-state index in [-0.39, 0.29) is 17.1 Å². The fourth-order valence-corrected chi connectivity index (χ4v) is 5.13. The van der Waals surface area contributed by atoms with Crippen molar-refractivity contribution in [3.8, 4) is 0 Å². The number of aryl methyl sites for hydroxylation is 1. The van der Waals surface area contributed by atoms with E-state index < -0.39 is 0 Å². The van der Waals surface area contributed by atoms with Crippen LogP contribution in [0.4, 0.5) is 0 Å². The molecule has 1 aromatic rings. The van der Waals surface area contributed by atoms with Crippen molar-refractivity contribution < 1.29 is 9.59 Å². The second-order valence-corrected chi connectivity index (χ2v) is 7.34. The predicted octanol–water partition coefficient (Wildman–Crippen LogP) is 1.77. The van der Waals surface area contributed by atoms with Crippen molar-refractivity contribution in [2.45, 2.75) is 18.6 Å². The Morgan fingerprint density at radius 2 is 1.90 bits per heavy atom. The first-order valence-corrected chi connectivity index (χ1v) is 8.82. The highest BCUT2D eigenvalue weighted by molar-refractivity contribution is 8.00. The van der Waals surface area contributed by atoms with Gasteiger partial charge in [-0.15, -0.1) is 23.1 Å². The van der Waals surface area contributed by atoms with Gasteiger partial charge in [0.25, 0.3) is 0 Å². The lowest BCUT2D eigenvalue weighted by molar-refractivity contribution is -0.138. The molecule has 108 valence electrons. The third kappa shape index (κ3) is 2.59. The number of hydrogen-bond acceptors (Lipinski definition) is 4. The third-order valence-electron chi connectivity index (χ3n) is 3.94. The zero-order chi connectivity index (χ0) is 14.1. The van der Waals surface area contributed by atoms with E-state index in [1.54, 1.807) is 30.0 Å². The number of thiophene rings is 1. The van der Waals surface area contributed by atoms with Gasteiger partial charge in [0.15, 0.2) is 0 Å². The van der Waals surface area contributed by atoms with Crippen LogP contribution in [-0.2, 0) is 16.0 Å². The highest BCUT2D eigenvalue weighted by atomic mass is 32.2. The zero-order valence-electron chi connectivity index (χ0n) is 11.5. The first-order chi connectivity index (χ1) is 9.66. The molecule has 0 spiro atoms. The van der Waals surface area contributed by atoms with Gasteiger partial charge in [0.2, 0.25) is 11.8 Å². The van der Waals surface area contributed by atoms with Crippen LogP contribution in [-0.4, -0.2) is 53.5 Å². The van der Waals surface area contributed by atoms with Gasteiger partial charge in [0.1, 0.15) is 5.25 Å². The van der Waals surface area contributed by atoms with Gasteiger partial charge >= 0.3 is 0 Å². The van der Waals surface area contributed by atoms with E-state index in [1.807, 2.05) is 9.80 Å². The molecule has 3 rings (SSSR count). The number of fused-ring (bicyclic) bond motifs is 1. The molecule has 1 saturated heterocycles. The van der Waals surface area contributed by atoms with E-state index in [0.717, 1.165) is 12.2 Å². The molecular formula is C14H18N2O2S2. The molecule has 2 aliphatic heterocycles. The minimum atomic E-state index is -0.0334. The molecule has 0 aliphatic carbocycles. The van der Waals surface area contributed by atoms with Crippen LogP contribution >= 0.6 is 23.1 Å². The van der Waals surface area contributed by atoms with Crippen molar-refractivity contribution in [2.75, 3.05) is 31.9 Å². The monoisotopic (exact) mass is 310 g/mol. The lowest BCUT2D eigenvalue weighted by Crippen LogP contribution is -2.51. The highest BCUT2D eigenvalue weighted by Gasteiger charge is 2.33. The van der Waals surface area contributed by atoms with E-state index in [1.165, 1.54) is 10.4 Å². The molecule has 0 bridgehead atoms. The number of piperazine rings is 1. The van der Waals surface area contributed by atoms with Crippen molar-refractivity contribution in [2.24, 2.45) is 0 Å². The molecule has 1 aromatic heterocycles. The minimum Gasteiger partial charge on any atom is -0.339 e. The molecular weight excluding hydrogens is 292 g/mol. The Bertz CT molecular complexity index is 521. The summed E-state index contributed by atoms with van der Waals surface area (Å²) in [5, 5.41) is 2.05. The molecule has 20 heavy (non-hydrogen) atoms. The molecule has 6 heteroatoms. The van der Waals surface area contributed by atoms with Crippen molar-refractivity contribution >= 4 is 34.9 Å². The highest BCUT2D eigenvalue weighted by Crippen LogP contribution is 2.40. The number of rotatable bonds is 1. The van der Waals surface area contributed by atoms with Crippen molar-refractivity contribution in [3.05, 3.63) is 21.9 Å². The van der Waals surface area contributed by atoms with Gasteiger partial charge in [-0.05, 0) is 29.2 Å². The maximum absolute atomic E-state index is 12.7. The summed E-state index contributed by atoms with van der Waals surface area (Å²) in [5.74, 6) is 1.35. The maximum Gasteiger partial charge on any atom is 0.240 e. The van der Waals surface area contributed by atoms with Crippen LogP contribution in [0.3, 0.4) is 0 Å². The number of hydrogen-bond donors (Lipinski definition) is 0. The van der Waals surface area contributed by atoms with Gasteiger partial charge in [0, 0.05) is 38.0 Å². The van der Waals surface area contributed by atoms with E-state index >= 15 is 0 Å². The fourth-order valence-electron chi connectivity index (χ4n) is 2.76. The number of thioether (sulfide) groups is 1. The van der Waals surface area contributed by atoms with Crippen LogP contribution in [0.15, 0.2) is 11.4 Å².